The van der Waals surface area contributed by atoms with E-state index in [0.717, 1.165) is 28.2 Å². The van der Waals surface area contributed by atoms with E-state index < -0.39 is 6.10 Å². The van der Waals surface area contributed by atoms with Gasteiger partial charge in [0.15, 0.2) is 11.5 Å². The summed E-state index contributed by atoms with van der Waals surface area (Å²) in [4.78, 5) is 12.3. The topological polar surface area (TPSA) is 79.8 Å². The molecule has 2 aromatic rings. The molecule has 3 rings (SSSR count). The Morgan fingerprint density at radius 3 is 2.64 bits per heavy atom. The molecule has 0 radical (unpaired) electrons. The van der Waals surface area contributed by atoms with Gasteiger partial charge in [0.1, 0.15) is 0 Å². The van der Waals surface area contributed by atoms with E-state index in [1.807, 2.05) is 56.3 Å². The number of ether oxygens (including phenoxy) is 2. The third-order valence-corrected chi connectivity index (χ3v) is 4.80. The Balaban J connectivity index is 1.52. The van der Waals surface area contributed by atoms with Crippen LogP contribution in [-0.2, 0) is 12.8 Å². The molecule has 0 spiro atoms. The van der Waals surface area contributed by atoms with E-state index in [2.05, 4.69) is 10.6 Å². The molecule has 1 aliphatic carbocycles. The first-order chi connectivity index (χ1) is 13.6. The minimum absolute atomic E-state index is 0.281. The quantitative estimate of drug-likeness (QED) is 0.654. The van der Waals surface area contributed by atoms with Gasteiger partial charge in [0.25, 0.3) is 0 Å². The summed E-state index contributed by atoms with van der Waals surface area (Å²) < 4.78 is 11.2. The monoisotopic (exact) mass is 384 g/mol. The van der Waals surface area contributed by atoms with Crippen molar-refractivity contribution in [3.8, 4) is 11.5 Å². The van der Waals surface area contributed by atoms with Crippen molar-refractivity contribution in [3.63, 3.8) is 0 Å². The van der Waals surface area contributed by atoms with Gasteiger partial charge in [0.2, 0.25) is 0 Å². The number of hydrogen-bond donors (Lipinski definition) is 3. The van der Waals surface area contributed by atoms with Crippen molar-refractivity contribution in [2.75, 3.05) is 19.8 Å². The second kappa shape index (κ2) is 9.46. The molecule has 3 N–H and O–H groups in total. The van der Waals surface area contributed by atoms with Gasteiger partial charge in [0, 0.05) is 13.0 Å². The molecule has 0 unspecified atom stereocenters. The molecule has 0 heterocycles. The molecule has 2 aromatic carbocycles. The predicted octanol–water partition coefficient (Wildman–Crippen LogP) is 2.98. The highest BCUT2D eigenvalue weighted by Gasteiger charge is 2.31. The Morgan fingerprint density at radius 1 is 1.11 bits per heavy atom. The number of aliphatic hydroxyl groups excluding tert-OH is 1. The van der Waals surface area contributed by atoms with Crippen LogP contribution in [0.3, 0.4) is 0 Å². The number of benzene rings is 2. The van der Waals surface area contributed by atoms with Crippen LogP contribution >= 0.6 is 0 Å². The van der Waals surface area contributed by atoms with Crippen LogP contribution in [0.25, 0.3) is 0 Å². The van der Waals surface area contributed by atoms with Crippen molar-refractivity contribution in [3.05, 3.63) is 59.2 Å². The number of aliphatic hydroxyl groups is 1. The molecular weight excluding hydrogens is 356 g/mol. The van der Waals surface area contributed by atoms with Crippen LogP contribution in [0.15, 0.2) is 42.5 Å². The summed E-state index contributed by atoms with van der Waals surface area (Å²) in [5, 5.41) is 16.0. The SMILES string of the molecule is CCOc1ccc(CCNC(=O)N[C@@H]2c3ccccc3C[C@H]2O)cc1OCC. The smallest absolute Gasteiger partial charge is 0.315 e. The first-order valence-corrected chi connectivity index (χ1v) is 9.81. The minimum Gasteiger partial charge on any atom is -0.490 e. The lowest BCUT2D eigenvalue weighted by Crippen LogP contribution is -2.41. The highest BCUT2D eigenvalue weighted by Crippen LogP contribution is 2.31. The van der Waals surface area contributed by atoms with Crippen LogP contribution in [-0.4, -0.2) is 37.0 Å². The van der Waals surface area contributed by atoms with Crippen molar-refractivity contribution in [1.82, 2.24) is 10.6 Å². The maximum atomic E-state index is 12.3. The molecule has 0 aliphatic heterocycles. The first-order valence-electron chi connectivity index (χ1n) is 9.81. The van der Waals surface area contributed by atoms with E-state index in [4.69, 9.17) is 9.47 Å². The first kappa shape index (κ1) is 20.0. The zero-order valence-corrected chi connectivity index (χ0v) is 16.4. The molecule has 0 bridgehead atoms. The van der Waals surface area contributed by atoms with Crippen LogP contribution in [0.4, 0.5) is 4.79 Å². The normalized spacial score (nSPS) is 17.7. The summed E-state index contributed by atoms with van der Waals surface area (Å²) in [5.41, 5.74) is 3.12. The van der Waals surface area contributed by atoms with E-state index in [1.165, 1.54) is 0 Å². The summed E-state index contributed by atoms with van der Waals surface area (Å²) in [6.07, 6.45) is 0.639. The van der Waals surface area contributed by atoms with Gasteiger partial charge in [-0.3, -0.25) is 0 Å². The maximum Gasteiger partial charge on any atom is 0.315 e. The molecular formula is C22H28N2O4. The number of hydrogen-bond acceptors (Lipinski definition) is 4. The van der Waals surface area contributed by atoms with E-state index in [1.54, 1.807) is 0 Å². The zero-order chi connectivity index (χ0) is 19.9. The number of nitrogens with one attached hydrogen (secondary N) is 2. The number of carbonyl (C=O) groups excluding carboxylic acids is 1. The fourth-order valence-corrected chi connectivity index (χ4v) is 3.51. The van der Waals surface area contributed by atoms with Gasteiger partial charge < -0.3 is 25.2 Å². The Hall–Kier alpha value is -2.73. The highest BCUT2D eigenvalue weighted by atomic mass is 16.5. The number of fused-ring (bicyclic) bond motifs is 1. The average molecular weight is 384 g/mol. The Bertz CT molecular complexity index is 809. The van der Waals surface area contributed by atoms with Crippen LogP contribution in [0, 0.1) is 0 Å². The van der Waals surface area contributed by atoms with E-state index >= 15 is 0 Å². The van der Waals surface area contributed by atoms with Crippen molar-refractivity contribution in [1.29, 1.82) is 0 Å². The summed E-state index contributed by atoms with van der Waals surface area (Å²) >= 11 is 0. The molecule has 6 nitrogen and oxygen atoms in total. The van der Waals surface area contributed by atoms with E-state index in [-0.39, 0.29) is 12.1 Å². The highest BCUT2D eigenvalue weighted by molar-refractivity contribution is 5.74. The van der Waals surface area contributed by atoms with Crippen LogP contribution in [0.1, 0.15) is 36.6 Å². The molecule has 0 saturated heterocycles. The van der Waals surface area contributed by atoms with Gasteiger partial charge in [0.05, 0.1) is 25.4 Å². The maximum absolute atomic E-state index is 12.3. The van der Waals surface area contributed by atoms with Crippen LogP contribution in [0.5, 0.6) is 11.5 Å². The lowest BCUT2D eigenvalue weighted by molar-refractivity contribution is 0.142. The molecule has 0 saturated carbocycles. The molecule has 1 aliphatic rings. The lowest BCUT2D eigenvalue weighted by atomic mass is 10.1. The fourth-order valence-electron chi connectivity index (χ4n) is 3.51. The van der Waals surface area contributed by atoms with Gasteiger partial charge in [-0.1, -0.05) is 30.3 Å². The lowest BCUT2D eigenvalue weighted by Gasteiger charge is -2.18. The van der Waals surface area contributed by atoms with Crippen LogP contribution in [0.2, 0.25) is 0 Å². The fraction of sp³-hybridized carbons (Fsp3) is 0.409. The molecule has 2 amide bonds. The molecule has 28 heavy (non-hydrogen) atoms. The van der Waals surface area contributed by atoms with Crippen molar-refractivity contribution in [2.24, 2.45) is 0 Å². The summed E-state index contributed by atoms with van der Waals surface area (Å²) in [5.74, 6) is 1.45. The summed E-state index contributed by atoms with van der Waals surface area (Å²) in [7, 11) is 0. The molecule has 150 valence electrons. The average Bonchev–Trinajstić information content (AvgIpc) is 2.99. The van der Waals surface area contributed by atoms with Crippen molar-refractivity contribution >= 4 is 6.03 Å². The minimum atomic E-state index is -0.594. The Morgan fingerprint density at radius 2 is 1.86 bits per heavy atom. The molecule has 6 heteroatoms. The number of amides is 2. The van der Waals surface area contributed by atoms with Gasteiger partial charge in [-0.2, -0.15) is 0 Å². The molecule has 0 aromatic heterocycles. The third kappa shape index (κ3) is 4.75. The number of rotatable bonds is 8. The second-order valence-corrected chi connectivity index (χ2v) is 6.75. The standard InChI is InChI=1S/C22H28N2O4/c1-3-27-19-10-9-15(13-20(19)28-4-2)11-12-23-22(26)24-21-17-8-6-5-7-16(17)14-18(21)25/h5-10,13,18,21,25H,3-4,11-12,14H2,1-2H3,(H2,23,24,26)/t18-,21-/m1/s1. The van der Waals surface area contributed by atoms with E-state index in [9.17, 15) is 9.90 Å². The van der Waals surface area contributed by atoms with Crippen LogP contribution < -0.4 is 20.1 Å². The third-order valence-electron chi connectivity index (χ3n) is 4.80. The number of carbonyl (C=O) groups is 1. The van der Waals surface area contributed by atoms with E-state index in [0.29, 0.717) is 32.6 Å². The van der Waals surface area contributed by atoms with Gasteiger partial charge in [-0.15, -0.1) is 0 Å². The molecule has 2 atom stereocenters. The molecule has 0 fully saturated rings. The van der Waals surface area contributed by atoms with Crippen molar-refractivity contribution < 1.29 is 19.4 Å². The van der Waals surface area contributed by atoms with Gasteiger partial charge in [-0.25, -0.2) is 4.79 Å². The summed E-state index contributed by atoms with van der Waals surface area (Å²) in [6.45, 7) is 5.50. The summed E-state index contributed by atoms with van der Waals surface area (Å²) in [6, 6.07) is 13.0. The second-order valence-electron chi connectivity index (χ2n) is 6.75. The largest absolute Gasteiger partial charge is 0.490 e. The predicted molar refractivity (Wildman–Crippen MR) is 108 cm³/mol. The van der Waals surface area contributed by atoms with Gasteiger partial charge in [-0.05, 0) is 49.1 Å². The number of urea groups is 1. The van der Waals surface area contributed by atoms with Crippen molar-refractivity contribution in [2.45, 2.75) is 38.8 Å². The Labute approximate surface area is 165 Å². The Kier molecular flexibility index (Phi) is 6.76. The van der Waals surface area contributed by atoms with Gasteiger partial charge >= 0.3 is 6.03 Å². The zero-order valence-electron chi connectivity index (χ0n) is 16.4.